The largest absolute Gasteiger partial charge is 0.416 e. The van der Waals surface area contributed by atoms with E-state index in [-0.39, 0.29) is 30.1 Å². The molecule has 0 bridgehead atoms. The molecule has 3 N–H and O–H groups in total. The Morgan fingerprint density at radius 2 is 1.97 bits per heavy atom. The maximum atomic E-state index is 14.7. The summed E-state index contributed by atoms with van der Waals surface area (Å²) in [5.74, 6) is -0.965. The third-order valence-corrected chi connectivity index (χ3v) is 6.31. The molecule has 0 aliphatic carbocycles. The van der Waals surface area contributed by atoms with Crippen LogP contribution in [0, 0.1) is 5.82 Å². The van der Waals surface area contributed by atoms with Crippen LogP contribution in [0.2, 0.25) is 0 Å². The molecule has 1 aliphatic rings. The summed E-state index contributed by atoms with van der Waals surface area (Å²) in [7, 11) is 0. The average Bonchev–Trinajstić information content (AvgIpc) is 2.81. The Bertz CT molecular complexity index is 1320. The predicted octanol–water partition coefficient (Wildman–Crippen LogP) is 4.35. The van der Waals surface area contributed by atoms with Gasteiger partial charge < -0.3 is 20.5 Å². The number of nitrogens with zero attached hydrogens (tertiary/aromatic N) is 1. The first-order valence-electron chi connectivity index (χ1n) is 11.4. The van der Waals surface area contributed by atoms with Crippen LogP contribution in [0.3, 0.4) is 0 Å². The third-order valence-electron chi connectivity index (χ3n) is 6.31. The maximum Gasteiger partial charge on any atom is 0.416 e. The number of fused-ring (bicyclic) bond motifs is 2. The molecule has 10 heteroatoms. The molecule has 0 spiro atoms. The lowest BCUT2D eigenvalue weighted by atomic mass is 9.91. The molecule has 1 amide bonds. The number of pyridine rings is 1. The molecule has 186 valence electrons. The summed E-state index contributed by atoms with van der Waals surface area (Å²) in [5.41, 5.74) is 0.888. The topological polar surface area (TPSA) is 77.2 Å². The molecule has 0 radical (unpaired) electrons. The van der Waals surface area contributed by atoms with E-state index >= 15 is 0 Å². The van der Waals surface area contributed by atoms with E-state index in [2.05, 4.69) is 15.6 Å². The molecular formula is C25H26F4N4O2. The number of alkyl halides is 3. The number of hydrogen-bond donors (Lipinski definition) is 3. The molecule has 0 saturated heterocycles. The van der Waals surface area contributed by atoms with Gasteiger partial charge in [0.15, 0.2) is 0 Å². The van der Waals surface area contributed by atoms with Crippen molar-refractivity contribution in [2.75, 3.05) is 25.0 Å². The van der Waals surface area contributed by atoms with Gasteiger partial charge in [0, 0.05) is 18.8 Å². The molecule has 1 atom stereocenters. The number of carbonyl (C=O) groups is 1. The number of anilines is 1. The van der Waals surface area contributed by atoms with Gasteiger partial charge in [0.2, 0.25) is 5.91 Å². The monoisotopic (exact) mass is 490 g/mol. The van der Waals surface area contributed by atoms with Gasteiger partial charge in [-0.15, -0.1) is 0 Å². The molecular weight excluding hydrogens is 464 g/mol. The van der Waals surface area contributed by atoms with Gasteiger partial charge in [0.1, 0.15) is 5.82 Å². The Kier molecular flexibility index (Phi) is 6.84. The fourth-order valence-electron chi connectivity index (χ4n) is 4.46. The van der Waals surface area contributed by atoms with Gasteiger partial charge in [-0.2, -0.15) is 13.2 Å². The second kappa shape index (κ2) is 9.69. The summed E-state index contributed by atoms with van der Waals surface area (Å²) >= 11 is 0. The highest BCUT2D eigenvalue weighted by molar-refractivity contribution is 5.87. The summed E-state index contributed by atoms with van der Waals surface area (Å²) in [5, 5.41) is 6.68. The smallest absolute Gasteiger partial charge is 0.374 e. The number of carbonyl (C=O) groups excluding carboxylic acids is 1. The first-order valence-corrected chi connectivity index (χ1v) is 11.4. The van der Waals surface area contributed by atoms with Crippen molar-refractivity contribution < 1.29 is 22.4 Å². The first kappa shape index (κ1) is 24.7. The highest BCUT2D eigenvalue weighted by Gasteiger charge is 2.33. The van der Waals surface area contributed by atoms with E-state index in [1.807, 2.05) is 6.92 Å². The standard InChI is InChI=1S/C25H26F4N4O2/c1-3-30-12-18-9-16-10-22(21(26)11-20(16)24(35)32-18)31-13-23(34)33-7-6-15-8-17(25(27,28)29)4-5-19(15)14(33)2/h4-5,8-11,14,30-31H,3,6-7,12-13H2,1-2H3,(H,32,35)/t14-/m0/s1. The van der Waals surface area contributed by atoms with E-state index < -0.39 is 29.2 Å². The second-order valence-corrected chi connectivity index (χ2v) is 8.60. The lowest BCUT2D eigenvalue weighted by Crippen LogP contribution is -2.41. The van der Waals surface area contributed by atoms with E-state index in [0.29, 0.717) is 35.2 Å². The predicted molar refractivity (Wildman–Crippen MR) is 126 cm³/mol. The van der Waals surface area contributed by atoms with E-state index in [1.54, 1.807) is 17.9 Å². The summed E-state index contributed by atoms with van der Waals surface area (Å²) in [4.78, 5) is 29.5. The average molecular weight is 491 g/mol. The van der Waals surface area contributed by atoms with Crippen molar-refractivity contribution in [1.82, 2.24) is 15.2 Å². The van der Waals surface area contributed by atoms with Gasteiger partial charge in [0.25, 0.3) is 5.56 Å². The molecule has 1 aliphatic heterocycles. The second-order valence-electron chi connectivity index (χ2n) is 8.60. The van der Waals surface area contributed by atoms with Crippen molar-refractivity contribution in [1.29, 1.82) is 0 Å². The zero-order valence-electron chi connectivity index (χ0n) is 19.4. The number of benzene rings is 2. The van der Waals surface area contributed by atoms with Gasteiger partial charge in [-0.25, -0.2) is 4.39 Å². The van der Waals surface area contributed by atoms with Crippen molar-refractivity contribution in [3.05, 3.63) is 75.0 Å². The highest BCUT2D eigenvalue weighted by atomic mass is 19.4. The normalized spacial score (nSPS) is 15.8. The molecule has 35 heavy (non-hydrogen) atoms. The Morgan fingerprint density at radius 1 is 1.20 bits per heavy atom. The van der Waals surface area contributed by atoms with Crippen LogP contribution < -0.4 is 16.2 Å². The van der Waals surface area contributed by atoms with Gasteiger partial charge in [-0.05, 0) is 66.7 Å². The van der Waals surface area contributed by atoms with E-state index in [0.717, 1.165) is 24.7 Å². The Balaban J connectivity index is 1.49. The van der Waals surface area contributed by atoms with Crippen LogP contribution in [-0.2, 0) is 23.9 Å². The third kappa shape index (κ3) is 5.17. The molecule has 4 rings (SSSR count). The summed E-state index contributed by atoms with van der Waals surface area (Å²) in [6, 6.07) is 7.56. The fraction of sp³-hybridized carbons (Fsp3) is 0.360. The minimum Gasteiger partial charge on any atom is -0.374 e. The molecule has 1 aromatic heterocycles. The molecule has 0 unspecified atom stereocenters. The van der Waals surface area contributed by atoms with Gasteiger partial charge in [0.05, 0.1) is 29.2 Å². The molecule has 6 nitrogen and oxygen atoms in total. The van der Waals surface area contributed by atoms with Crippen molar-refractivity contribution in [2.24, 2.45) is 0 Å². The van der Waals surface area contributed by atoms with E-state index in [1.165, 1.54) is 12.1 Å². The number of halogens is 4. The van der Waals surface area contributed by atoms with Crippen LogP contribution in [-0.4, -0.2) is 35.4 Å². The first-order chi connectivity index (χ1) is 16.6. The van der Waals surface area contributed by atoms with Gasteiger partial charge in [-0.3, -0.25) is 9.59 Å². The SMILES string of the molecule is CCNCc1cc2cc(NCC(=O)N3CCc4cc(C(F)(F)F)ccc4[C@@H]3C)c(F)cc2c(=O)[nH]1. The lowest BCUT2D eigenvalue weighted by molar-refractivity contribution is -0.138. The lowest BCUT2D eigenvalue weighted by Gasteiger charge is -2.35. The Morgan fingerprint density at radius 3 is 2.69 bits per heavy atom. The zero-order valence-corrected chi connectivity index (χ0v) is 19.4. The Labute approximate surface area is 199 Å². The minimum atomic E-state index is -4.42. The van der Waals surface area contributed by atoms with E-state index in [9.17, 15) is 27.2 Å². The minimum absolute atomic E-state index is 0.0886. The number of aromatic amines is 1. The van der Waals surface area contributed by atoms with Crippen LogP contribution in [0.4, 0.5) is 23.2 Å². The number of hydrogen-bond acceptors (Lipinski definition) is 4. The molecule has 0 fully saturated rings. The number of aromatic nitrogens is 1. The number of nitrogens with one attached hydrogen (secondary N) is 3. The van der Waals surface area contributed by atoms with Crippen LogP contribution in [0.5, 0.6) is 0 Å². The highest BCUT2D eigenvalue weighted by Crippen LogP contribution is 2.35. The Hall–Kier alpha value is -3.40. The maximum absolute atomic E-state index is 14.7. The van der Waals surface area contributed by atoms with Crippen molar-refractivity contribution >= 4 is 22.4 Å². The summed E-state index contributed by atoms with van der Waals surface area (Å²) < 4.78 is 53.7. The summed E-state index contributed by atoms with van der Waals surface area (Å²) in [6.07, 6.45) is -4.12. The summed E-state index contributed by atoms with van der Waals surface area (Å²) in [6.45, 7) is 4.95. The molecule has 2 aromatic carbocycles. The van der Waals surface area contributed by atoms with Crippen LogP contribution in [0.1, 0.15) is 42.3 Å². The van der Waals surface area contributed by atoms with Crippen LogP contribution in [0.15, 0.2) is 41.2 Å². The molecule has 3 aromatic rings. The van der Waals surface area contributed by atoms with Crippen LogP contribution in [0.25, 0.3) is 10.8 Å². The number of amides is 1. The zero-order chi connectivity index (χ0) is 25.3. The van der Waals surface area contributed by atoms with Crippen molar-refractivity contribution in [3.8, 4) is 0 Å². The van der Waals surface area contributed by atoms with Crippen LogP contribution >= 0.6 is 0 Å². The van der Waals surface area contributed by atoms with E-state index in [4.69, 9.17) is 0 Å². The van der Waals surface area contributed by atoms with Crippen molar-refractivity contribution in [2.45, 2.75) is 39.0 Å². The molecule has 0 saturated carbocycles. The fourth-order valence-corrected chi connectivity index (χ4v) is 4.46. The number of rotatable bonds is 6. The van der Waals surface area contributed by atoms with Gasteiger partial charge in [-0.1, -0.05) is 13.0 Å². The van der Waals surface area contributed by atoms with Gasteiger partial charge >= 0.3 is 6.18 Å². The number of H-pyrrole nitrogens is 1. The quantitative estimate of drug-likeness (QED) is 0.449. The molecule has 2 heterocycles. The van der Waals surface area contributed by atoms with Crippen molar-refractivity contribution in [3.63, 3.8) is 0 Å².